The summed E-state index contributed by atoms with van der Waals surface area (Å²) in [5.41, 5.74) is 2.80. The van der Waals surface area contributed by atoms with Crippen LogP contribution >= 0.6 is 0 Å². The molecule has 43 heavy (non-hydrogen) atoms. The van der Waals surface area contributed by atoms with Gasteiger partial charge in [0.05, 0.1) is 16.8 Å². The molecule has 10 nitrogen and oxygen atoms in total. The number of carbonyl (C=O) groups is 1. The zero-order valence-corrected chi connectivity index (χ0v) is 23.0. The lowest BCUT2D eigenvalue weighted by Crippen LogP contribution is -2.43. The normalized spacial score (nSPS) is 20.7. The van der Waals surface area contributed by atoms with Crippen molar-refractivity contribution in [3.05, 3.63) is 51.8 Å². The van der Waals surface area contributed by atoms with Gasteiger partial charge in [-0.2, -0.15) is 9.97 Å². The molecule has 2 aliphatic heterocycles. The Morgan fingerprint density at radius 2 is 2.14 bits per heavy atom. The van der Waals surface area contributed by atoms with Crippen LogP contribution < -0.4 is 21.3 Å². The number of ether oxygens (including phenoxy) is 1. The van der Waals surface area contributed by atoms with Crippen LogP contribution in [0.2, 0.25) is 0 Å². The van der Waals surface area contributed by atoms with E-state index in [9.17, 15) is 23.5 Å². The fourth-order valence-corrected chi connectivity index (χ4v) is 6.20. The number of benzene rings is 2. The molecule has 0 aliphatic carbocycles. The molecule has 2 aliphatic rings. The third kappa shape index (κ3) is 4.77. The summed E-state index contributed by atoms with van der Waals surface area (Å²) < 4.78 is 51.4. The van der Waals surface area contributed by atoms with E-state index in [1.54, 1.807) is 0 Å². The van der Waals surface area contributed by atoms with Crippen molar-refractivity contribution in [1.29, 1.82) is 0 Å². The number of phenolic OH excluding ortho intramolecular Hbond substituents is 1. The van der Waals surface area contributed by atoms with Gasteiger partial charge in [-0.15, -0.1) is 6.42 Å². The Labute approximate surface area is 243 Å². The molecule has 2 aromatic carbocycles. The van der Waals surface area contributed by atoms with E-state index in [1.165, 1.54) is 19.1 Å². The van der Waals surface area contributed by atoms with E-state index >= 15 is 4.39 Å². The quantitative estimate of drug-likeness (QED) is 0.239. The van der Waals surface area contributed by atoms with Crippen LogP contribution in [-0.2, 0) is 4.79 Å². The molecule has 5 N–H and O–H groups in total. The fourth-order valence-electron chi connectivity index (χ4n) is 6.20. The van der Waals surface area contributed by atoms with Crippen LogP contribution in [0.3, 0.4) is 0 Å². The number of fused-ring (bicyclic) bond motifs is 3. The van der Waals surface area contributed by atoms with Gasteiger partial charge in [-0.3, -0.25) is 14.5 Å². The number of carbonyl (C=O) groups excluding carboxylic acids is 1. The standard InChI is InChI=1S/C30H27F3N6O4/c1-3-18-20(32)6-5-15-9-17(40)10-19(21(15)18)24-23(33)25-22(28(42)36-24)27(35-14(2)26(34)41)38-29(37-25)43-13-30-7-4-8-39(30)12-16(31)11-30/h1,5-6,9-10,14,16,40H,4,7-8,11-13H2,2H3,(H2,34,41)(H,36,42)(H,35,37,38)/t14-,16+,30-/m0/s1. The van der Waals surface area contributed by atoms with E-state index in [0.29, 0.717) is 11.8 Å². The number of amides is 1. The Kier molecular flexibility index (Phi) is 6.89. The van der Waals surface area contributed by atoms with Gasteiger partial charge < -0.3 is 25.9 Å². The second-order valence-electron chi connectivity index (χ2n) is 11.0. The molecular weight excluding hydrogens is 565 g/mol. The Bertz CT molecular complexity index is 1910. The Balaban J connectivity index is 1.54. The lowest BCUT2D eigenvalue weighted by molar-refractivity contribution is -0.118. The molecule has 0 unspecified atom stereocenters. The number of nitrogens with zero attached hydrogens (tertiary/aromatic N) is 3. The molecule has 1 amide bonds. The average molecular weight is 593 g/mol. The number of halogens is 3. The molecule has 6 rings (SSSR count). The van der Waals surface area contributed by atoms with E-state index in [1.807, 2.05) is 4.90 Å². The van der Waals surface area contributed by atoms with Crippen molar-refractivity contribution in [2.75, 3.05) is 25.0 Å². The number of phenols is 1. The van der Waals surface area contributed by atoms with Crippen molar-refractivity contribution < 1.29 is 27.8 Å². The molecule has 3 atom stereocenters. The van der Waals surface area contributed by atoms with Gasteiger partial charge in [0.2, 0.25) is 5.91 Å². The lowest BCUT2D eigenvalue weighted by atomic mass is 9.95. The first-order valence-corrected chi connectivity index (χ1v) is 13.6. The van der Waals surface area contributed by atoms with Gasteiger partial charge in [0.1, 0.15) is 47.1 Å². The third-order valence-corrected chi connectivity index (χ3v) is 8.26. The SMILES string of the molecule is C#Cc1c(F)ccc2cc(O)cc(-c3[nH]c(=O)c4c(N[C@@H](C)C(N)=O)nc(OC[C@@]56CCCN5C[C@H](F)C6)nc4c3F)c12. The highest BCUT2D eigenvalue weighted by Crippen LogP contribution is 2.41. The summed E-state index contributed by atoms with van der Waals surface area (Å²) >= 11 is 0. The van der Waals surface area contributed by atoms with Gasteiger partial charge in [-0.05, 0) is 49.9 Å². The van der Waals surface area contributed by atoms with Gasteiger partial charge >= 0.3 is 6.01 Å². The number of terminal acetylenes is 1. The predicted molar refractivity (Wildman–Crippen MR) is 153 cm³/mol. The summed E-state index contributed by atoms with van der Waals surface area (Å²) in [7, 11) is 0. The van der Waals surface area contributed by atoms with E-state index in [-0.39, 0.29) is 59.0 Å². The minimum atomic E-state index is -1.05. The predicted octanol–water partition coefficient (Wildman–Crippen LogP) is 3.34. The van der Waals surface area contributed by atoms with E-state index in [4.69, 9.17) is 16.9 Å². The molecule has 0 radical (unpaired) electrons. The number of nitrogens with one attached hydrogen (secondary N) is 2. The molecule has 0 saturated carbocycles. The Morgan fingerprint density at radius 3 is 2.88 bits per heavy atom. The molecule has 0 spiro atoms. The summed E-state index contributed by atoms with van der Waals surface area (Å²) in [6.45, 7) is 2.45. The molecule has 2 aromatic heterocycles. The lowest BCUT2D eigenvalue weighted by Gasteiger charge is -2.30. The first-order valence-electron chi connectivity index (χ1n) is 13.6. The number of rotatable bonds is 7. The number of anilines is 1. The van der Waals surface area contributed by atoms with E-state index in [2.05, 4.69) is 26.2 Å². The van der Waals surface area contributed by atoms with Crippen molar-refractivity contribution in [1.82, 2.24) is 19.9 Å². The summed E-state index contributed by atoms with van der Waals surface area (Å²) in [4.78, 5) is 38.2. The topological polar surface area (TPSA) is 146 Å². The smallest absolute Gasteiger partial charge is 0.319 e. The Hall–Kier alpha value is -4.83. The van der Waals surface area contributed by atoms with Gasteiger partial charge in [0.15, 0.2) is 5.82 Å². The van der Waals surface area contributed by atoms with Crippen LogP contribution in [-0.4, -0.2) is 68.3 Å². The number of alkyl halides is 1. The number of hydrogen-bond acceptors (Lipinski definition) is 8. The van der Waals surface area contributed by atoms with Gasteiger partial charge in [0, 0.05) is 23.9 Å². The van der Waals surface area contributed by atoms with Gasteiger partial charge in [0.25, 0.3) is 5.56 Å². The summed E-state index contributed by atoms with van der Waals surface area (Å²) in [6, 6.07) is 3.63. The van der Waals surface area contributed by atoms with Crippen molar-refractivity contribution >= 4 is 33.4 Å². The zero-order valence-electron chi connectivity index (χ0n) is 23.0. The molecule has 13 heteroatoms. The number of aromatic amines is 1. The van der Waals surface area contributed by atoms with Crippen LogP contribution in [0.4, 0.5) is 19.0 Å². The minimum absolute atomic E-state index is 0.0173. The van der Waals surface area contributed by atoms with Crippen LogP contribution in [0, 0.1) is 24.0 Å². The maximum atomic E-state index is 16.5. The number of hydrogen-bond donors (Lipinski definition) is 4. The monoisotopic (exact) mass is 592 g/mol. The first-order chi connectivity index (χ1) is 20.5. The van der Waals surface area contributed by atoms with Gasteiger partial charge in [-0.25, -0.2) is 13.2 Å². The number of aromatic nitrogens is 3. The number of H-pyrrole nitrogens is 1. The zero-order chi connectivity index (χ0) is 30.6. The summed E-state index contributed by atoms with van der Waals surface area (Å²) in [5, 5.41) is 13.2. The second-order valence-corrected chi connectivity index (χ2v) is 11.0. The molecule has 0 bridgehead atoms. The number of nitrogens with two attached hydrogens (primary N) is 1. The van der Waals surface area contributed by atoms with E-state index in [0.717, 1.165) is 25.1 Å². The van der Waals surface area contributed by atoms with E-state index < -0.39 is 52.1 Å². The largest absolute Gasteiger partial charge is 0.508 e. The number of primary amides is 1. The van der Waals surface area contributed by atoms with Crippen molar-refractivity contribution in [3.63, 3.8) is 0 Å². The highest BCUT2D eigenvalue weighted by molar-refractivity contribution is 6.03. The highest BCUT2D eigenvalue weighted by atomic mass is 19.1. The second kappa shape index (κ2) is 10.5. The first kappa shape index (κ1) is 28.3. The molecule has 222 valence electrons. The molecule has 4 aromatic rings. The minimum Gasteiger partial charge on any atom is -0.508 e. The van der Waals surface area contributed by atoms with Crippen LogP contribution in [0.25, 0.3) is 32.9 Å². The maximum absolute atomic E-state index is 16.5. The summed E-state index contributed by atoms with van der Waals surface area (Å²) in [5.74, 6) is -0.824. The molecule has 2 fully saturated rings. The highest BCUT2D eigenvalue weighted by Gasteiger charge is 2.49. The third-order valence-electron chi connectivity index (χ3n) is 8.26. The number of aromatic hydroxyl groups is 1. The van der Waals surface area contributed by atoms with Crippen molar-refractivity contribution in [2.45, 2.75) is 43.9 Å². The summed E-state index contributed by atoms with van der Waals surface area (Å²) in [6.07, 6.45) is 6.39. The molecular formula is C30H27F3N6O4. The van der Waals surface area contributed by atoms with Crippen LogP contribution in [0.15, 0.2) is 29.1 Å². The number of pyridine rings is 1. The maximum Gasteiger partial charge on any atom is 0.319 e. The van der Waals surface area contributed by atoms with Crippen LogP contribution in [0.5, 0.6) is 11.8 Å². The van der Waals surface area contributed by atoms with Gasteiger partial charge in [-0.1, -0.05) is 12.0 Å². The average Bonchev–Trinajstić information content (AvgIpc) is 3.49. The molecule has 2 saturated heterocycles. The van der Waals surface area contributed by atoms with Crippen molar-refractivity contribution in [2.24, 2.45) is 5.73 Å². The molecule has 4 heterocycles. The Morgan fingerprint density at radius 1 is 1.35 bits per heavy atom. The van der Waals surface area contributed by atoms with Crippen LogP contribution in [0.1, 0.15) is 31.7 Å². The van der Waals surface area contributed by atoms with Crippen molar-refractivity contribution in [3.8, 4) is 35.4 Å². The fraction of sp³-hybridized carbons (Fsp3) is 0.333.